The summed E-state index contributed by atoms with van der Waals surface area (Å²) in [6.45, 7) is 1.67. The van der Waals surface area contributed by atoms with Gasteiger partial charge in [0.2, 0.25) is 0 Å². The molecule has 2 aromatic carbocycles. The van der Waals surface area contributed by atoms with Crippen molar-refractivity contribution < 1.29 is 14.3 Å². The second kappa shape index (κ2) is 8.78. The molecule has 3 aromatic rings. The molecule has 29 heavy (non-hydrogen) atoms. The Hall–Kier alpha value is -3.34. The van der Waals surface area contributed by atoms with Crippen molar-refractivity contribution in [2.24, 2.45) is 0 Å². The molecule has 0 spiro atoms. The fourth-order valence-corrected chi connectivity index (χ4v) is 3.92. The lowest BCUT2D eigenvalue weighted by Crippen LogP contribution is -2.12. The zero-order valence-corrected chi connectivity index (χ0v) is 17.1. The number of amides is 2. The minimum absolute atomic E-state index is 0.246. The third-order valence-corrected chi connectivity index (χ3v) is 5.57. The average molecular weight is 426 g/mol. The van der Waals surface area contributed by atoms with Crippen LogP contribution >= 0.6 is 22.9 Å². The van der Waals surface area contributed by atoms with E-state index in [1.165, 1.54) is 13.2 Å². The van der Waals surface area contributed by atoms with Crippen LogP contribution in [-0.2, 0) is 0 Å². The summed E-state index contributed by atoms with van der Waals surface area (Å²) >= 11 is 6.97. The van der Waals surface area contributed by atoms with E-state index in [0.717, 1.165) is 11.3 Å². The van der Waals surface area contributed by atoms with E-state index in [4.69, 9.17) is 16.3 Å². The number of rotatable bonds is 5. The predicted molar refractivity (Wildman–Crippen MR) is 114 cm³/mol. The summed E-state index contributed by atoms with van der Waals surface area (Å²) in [5.74, 6) is -0.288. The topological polar surface area (TPSA) is 91.2 Å². The van der Waals surface area contributed by atoms with Gasteiger partial charge < -0.3 is 15.4 Å². The van der Waals surface area contributed by atoms with Crippen LogP contribution in [0.1, 0.15) is 31.2 Å². The van der Waals surface area contributed by atoms with E-state index in [-0.39, 0.29) is 5.56 Å². The number of nitrogens with zero attached hydrogens (tertiary/aromatic N) is 1. The van der Waals surface area contributed by atoms with Crippen molar-refractivity contribution in [3.63, 3.8) is 0 Å². The number of nitriles is 1. The minimum atomic E-state index is -0.415. The maximum atomic E-state index is 12.8. The highest BCUT2D eigenvalue weighted by Crippen LogP contribution is 2.34. The molecule has 0 bridgehead atoms. The van der Waals surface area contributed by atoms with Gasteiger partial charge in [0.1, 0.15) is 16.8 Å². The van der Waals surface area contributed by atoms with E-state index in [2.05, 4.69) is 16.7 Å². The van der Waals surface area contributed by atoms with Gasteiger partial charge in [0.15, 0.2) is 0 Å². The van der Waals surface area contributed by atoms with Gasteiger partial charge in [0.05, 0.1) is 23.2 Å². The largest absolute Gasteiger partial charge is 0.495 e. The third-order valence-electron chi connectivity index (χ3n) is 4.13. The molecule has 2 amide bonds. The monoisotopic (exact) mass is 425 g/mol. The smallest absolute Gasteiger partial charge is 0.266 e. The van der Waals surface area contributed by atoms with E-state index in [0.29, 0.717) is 37.5 Å². The summed E-state index contributed by atoms with van der Waals surface area (Å²) < 4.78 is 5.24. The fourth-order valence-electron chi connectivity index (χ4n) is 2.68. The minimum Gasteiger partial charge on any atom is -0.495 e. The Balaban J connectivity index is 1.88. The van der Waals surface area contributed by atoms with Crippen LogP contribution in [0.15, 0.2) is 48.5 Å². The first kappa shape index (κ1) is 20.4. The van der Waals surface area contributed by atoms with Crippen molar-refractivity contribution in [2.45, 2.75) is 6.92 Å². The second-order valence-corrected chi connectivity index (χ2v) is 7.45. The zero-order chi connectivity index (χ0) is 21.0. The first-order valence-corrected chi connectivity index (χ1v) is 9.68. The quantitative estimate of drug-likeness (QED) is 0.595. The summed E-state index contributed by atoms with van der Waals surface area (Å²) in [4.78, 5) is 25.6. The van der Waals surface area contributed by atoms with E-state index in [1.807, 2.05) is 0 Å². The number of para-hydroxylation sites is 2. The van der Waals surface area contributed by atoms with Crippen LogP contribution in [0.25, 0.3) is 0 Å². The lowest BCUT2D eigenvalue weighted by atomic mass is 10.1. The van der Waals surface area contributed by atoms with Crippen LogP contribution in [0.4, 0.5) is 10.7 Å². The summed E-state index contributed by atoms with van der Waals surface area (Å²) in [7, 11) is 1.51. The molecule has 1 heterocycles. The van der Waals surface area contributed by atoms with Gasteiger partial charge in [0.25, 0.3) is 11.8 Å². The predicted octanol–water partition coefficient (Wildman–Crippen LogP) is 5.09. The number of methoxy groups -OCH3 is 1. The average Bonchev–Trinajstić information content (AvgIpc) is 3.03. The van der Waals surface area contributed by atoms with Gasteiger partial charge in [-0.05, 0) is 42.8 Å². The molecule has 0 saturated carbocycles. The Bertz CT molecular complexity index is 1130. The van der Waals surface area contributed by atoms with Crippen molar-refractivity contribution in [3.05, 3.63) is 75.1 Å². The maximum Gasteiger partial charge on any atom is 0.266 e. The SMILES string of the molecule is COc1ccccc1NC(=O)c1sc(NC(=O)c2cccc(Cl)c2)c(C#N)c1C. The van der Waals surface area contributed by atoms with Crippen molar-refractivity contribution in [3.8, 4) is 11.8 Å². The van der Waals surface area contributed by atoms with Crippen molar-refractivity contribution >= 4 is 45.4 Å². The van der Waals surface area contributed by atoms with Crippen molar-refractivity contribution in [2.75, 3.05) is 17.7 Å². The first-order valence-electron chi connectivity index (χ1n) is 8.49. The molecule has 2 N–H and O–H groups in total. The molecule has 6 nitrogen and oxygen atoms in total. The van der Waals surface area contributed by atoms with Crippen LogP contribution < -0.4 is 15.4 Å². The lowest BCUT2D eigenvalue weighted by molar-refractivity contribution is 0.102. The molecule has 0 unspecified atom stereocenters. The van der Waals surface area contributed by atoms with Crippen LogP contribution in [0.5, 0.6) is 5.75 Å². The third kappa shape index (κ3) is 4.40. The van der Waals surface area contributed by atoms with Crippen LogP contribution in [0.3, 0.4) is 0 Å². The molecule has 8 heteroatoms. The Morgan fingerprint density at radius 2 is 1.86 bits per heavy atom. The van der Waals surface area contributed by atoms with Gasteiger partial charge in [-0.15, -0.1) is 11.3 Å². The molecule has 0 saturated heterocycles. The number of halogens is 1. The molecule has 0 aliphatic heterocycles. The summed E-state index contributed by atoms with van der Waals surface area (Å²) in [5.41, 5.74) is 1.60. The number of hydrogen-bond donors (Lipinski definition) is 2. The summed E-state index contributed by atoms with van der Waals surface area (Å²) in [5, 5.41) is 15.7. The Kier molecular flexibility index (Phi) is 6.17. The van der Waals surface area contributed by atoms with E-state index < -0.39 is 11.8 Å². The van der Waals surface area contributed by atoms with Crippen LogP contribution in [-0.4, -0.2) is 18.9 Å². The molecular weight excluding hydrogens is 410 g/mol. The van der Waals surface area contributed by atoms with Crippen molar-refractivity contribution in [1.29, 1.82) is 5.26 Å². The lowest BCUT2D eigenvalue weighted by Gasteiger charge is -2.09. The molecule has 1 aromatic heterocycles. The Labute approximate surface area is 176 Å². The normalized spacial score (nSPS) is 10.1. The molecule has 0 aliphatic carbocycles. The summed E-state index contributed by atoms with van der Waals surface area (Å²) in [6.07, 6.45) is 0. The summed E-state index contributed by atoms with van der Waals surface area (Å²) in [6, 6.07) is 15.5. The van der Waals surface area contributed by atoms with E-state index in [1.54, 1.807) is 49.4 Å². The highest BCUT2D eigenvalue weighted by molar-refractivity contribution is 7.18. The van der Waals surface area contributed by atoms with Gasteiger partial charge in [-0.3, -0.25) is 9.59 Å². The molecule has 0 aliphatic rings. The van der Waals surface area contributed by atoms with Gasteiger partial charge >= 0.3 is 0 Å². The van der Waals surface area contributed by atoms with Gasteiger partial charge in [0, 0.05) is 10.6 Å². The maximum absolute atomic E-state index is 12.8. The van der Waals surface area contributed by atoms with Gasteiger partial charge in [-0.2, -0.15) is 5.26 Å². The molecular formula is C21H16ClN3O3S. The fraction of sp³-hybridized carbons (Fsp3) is 0.0952. The number of nitrogens with one attached hydrogen (secondary N) is 2. The van der Waals surface area contributed by atoms with Crippen LogP contribution in [0, 0.1) is 18.3 Å². The molecule has 3 rings (SSSR count). The Morgan fingerprint density at radius 1 is 1.10 bits per heavy atom. The second-order valence-electron chi connectivity index (χ2n) is 5.99. The molecule has 0 atom stereocenters. The van der Waals surface area contributed by atoms with E-state index in [9.17, 15) is 14.9 Å². The highest BCUT2D eigenvalue weighted by atomic mass is 35.5. The van der Waals surface area contributed by atoms with Gasteiger partial charge in [-0.1, -0.05) is 29.8 Å². The number of anilines is 2. The standard InChI is InChI=1S/C21H16ClN3O3S/c1-12-15(11-23)21(25-19(26)13-6-5-7-14(22)10-13)29-18(12)20(27)24-16-8-3-4-9-17(16)28-2/h3-10H,1-2H3,(H,24,27)(H,25,26). The number of thiophene rings is 1. The first-order chi connectivity index (χ1) is 13.9. The van der Waals surface area contributed by atoms with Gasteiger partial charge in [-0.25, -0.2) is 0 Å². The number of carbonyl (C=O) groups is 2. The highest BCUT2D eigenvalue weighted by Gasteiger charge is 2.22. The van der Waals surface area contributed by atoms with E-state index >= 15 is 0 Å². The number of hydrogen-bond acceptors (Lipinski definition) is 5. The number of carbonyl (C=O) groups excluding carboxylic acids is 2. The molecule has 0 radical (unpaired) electrons. The number of ether oxygens (including phenoxy) is 1. The zero-order valence-electron chi connectivity index (χ0n) is 15.6. The molecule has 146 valence electrons. The van der Waals surface area contributed by atoms with Crippen LogP contribution in [0.2, 0.25) is 5.02 Å². The number of benzene rings is 2. The van der Waals surface area contributed by atoms with Crippen molar-refractivity contribution in [1.82, 2.24) is 0 Å². The Morgan fingerprint density at radius 3 is 2.55 bits per heavy atom. The molecule has 0 fully saturated rings.